The summed E-state index contributed by atoms with van der Waals surface area (Å²) in [7, 11) is 0. The number of fused-ring (bicyclic) bond motifs is 1. The van der Waals surface area contributed by atoms with Crippen LogP contribution in [0.1, 0.15) is 29.6 Å². The summed E-state index contributed by atoms with van der Waals surface area (Å²) >= 11 is 0. The number of halogens is 1. The number of carboxylic acid groups (broad SMARTS) is 1. The van der Waals surface area contributed by atoms with E-state index in [2.05, 4.69) is 5.32 Å². The molecule has 2 aliphatic rings. The van der Waals surface area contributed by atoms with E-state index in [-0.39, 0.29) is 23.1 Å². The Morgan fingerprint density at radius 3 is 2.58 bits per heavy atom. The average molecular weight is 263 g/mol. The molecule has 0 spiro atoms. The van der Waals surface area contributed by atoms with Gasteiger partial charge >= 0.3 is 5.97 Å². The van der Waals surface area contributed by atoms with Crippen molar-refractivity contribution in [1.29, 1.82) is 0 Å². The van der Waals surface area contributed by atoms with Gasteiger partial charge in [-0.15, -0.1) is 0 Å². The molecule has 2 unspecified atom stereocenters. The van der Waals surface area contributed by atoms with Crippen molar-refractivity contribution >= 4 is 17.6 Å². The van der Waals surface area contributed by atoms with Gasteiger partial charge in [-0.25, -0.2) is 9.18 Å². The normalized spacial score (nSPS) is 27.7. The molecule has 2 atom stereocenters. The molecule has 2 aliphatic carbocycles. The van der Waals surface area contributed by atoms with Gasteiger partial charge in [0.15, 0.2) is 0 Å². The number of benzene rings is 1. The number of hydrogen-bond acceptors (Lipinski definition) is 2. The molecule has 2 fully saturated rings. The minimum atomic E-state index is -1.24. The molecule has 1 aromatic rings. The van der Waals surface area contributed by atoms with Crippen molar-refractivity contribution in [1.82, 2.24) is 0 Å². The summed E-state index contributed by atoms with van der Waals surface area (Å²) in [4.78, 5) is 23.1. The zero-order chi connectivity index (χ0) is 13.6. The maximum Gasteiger partial charge on any atom is 0.337 e. The first-order chi connectivity index (χ1) is 9.08. The van der Waals surface area contributed by atoms with Crippen LogP contribution in [0.15, 0.2) is 18.2 Å². The van der Waals surface area contributed by atoms with Gasteiger partial charge in [0.05, 0.1) is 11.3 Å². The number of rotatable bonds is 3. The highest BCUT2D eigenvalue weighted by Crippen LogP contribution is 2.57. The maximum absolute atomic E-state index is 13.0. The second kappa shape index (κ2) is 4.33. The molecule has 3 rings (SSSR count). The summed E-state index contributed by atoms with van der Waals surface area (Å²) in [6, 6.07) is 3.37. The zero-order valence-corrected chi connectivity index (χ0v) is 10.2. The van der Waals surface area contributed by atoms with Crippen molar-refractivity contribution in [2.24, 2.45) is 17.8 Å². The fourth-order valence-corrected chi connectivity index (χ4v) is 3.23. The third-order valence-corrected chi connectivity index (χ3v) is 4.18. The summed E-state index contributed by atoms with van der Waals surface area (Å²) in [5, 5.41) is 11.6. The van der Waals surface area contributed by atoms with Crippen molar-refractivity contribution in [2.45, 2.75) is 19.3 Å². The van der Waals surface area contributed by atoms with E-state index in [0.29, 0.717) is 11.8 Å². The highest BCUT2D eigenvalue weighted by atomic mass is 19.1. The summed E-state index contributed by atoms with van der Waals surface area (Å²) < 4.78 is 13.0. The zero-order valence-electron chi connectivity index (χ0n) is 10.2. The van der Waals surface area contributed by atoms with Gasteiger partial charge in [0.1, 0.15) is 5.82 Å². The molecule has 0 heterocycles. The second-order valence-corrected chi connectivity index (χ2v) is 5.27. The first kappa shape index (κ1) is 12.1. The molecule has 0 bridgehead atoms. The number of nitrogens with one attached hydrogen (secondary N) is 1. The van der Waals surface area contributed by atoms with Crippen LogP contribution in [0.3, 0.4) is 0 Å². The van der Waals surface area contributed by atoms with Crippen molar-refractivity contribution in [3.05, 3.63) is 29.6 Å². The average Bonchev–Trinajstić information content (AvgIpc) is 2.85. The van der Waals surface area contributed by atoms with E-state index in [9.17, 15) is 14.0 Å². The van der Waals surface area contributed by atoms with Crippen LogP contribution in [-0.4, -0.2) is 17.0 Å². The van der Waals surface area contributed by atoms with E-state index >= 15 is 0 Å². The van der Waals surface area contributed by atoms with Gasteiger partial charge in [0, 0.05) is 5.92 Å². The SMILES string of the molecule is O=C(O)c1cc(F)ccc1NC(=O)C1C2CCCC21. The van der Waals surface area contributed by atoms with E-state index < -0.39 is 11.8 Å². The predicted octanol–water partition coefficient (Wildman–Crippen LogP) is 2.51. The molecule has 0 aromatic heterocycles. The Morgan fingerprint density at radius 2 is 1.95 bits per heavy atom. The van der Waals surface area contributed by atoms with Crippen molar-refractivity contribution in [3.63, 3.8) is 0 Å². The fourth-order valence-electron chi connectivity index (χ4n) is 3.23. The molecule has 1 aromatic carbocycles. The van der Waals surface area contributed by atoms with Gasteiger partial charge in [0.2, 0.25) is 5.91 Å². The van der Waals surface area contributed by atoms with E-state index in [0.717, 1.165) is 25.0 Å². The molecule has 0 aliphatic heterocycles. The number of carbonyl (C=O) groups is 2. The van der Waals surface area contributed by atoms with Crippen molar-refractivity contribution in [2.75, 3.05) is 5.32 Å². The Labute approximate surface area is 109 Å². The highest BCUT2D eigenvalue weighted by Gasteiger charge is 2.56. The van der Waals surface area contributed by atoms with Gasteiger partial charge in [0.25, 0.3) is 0 Å². The van der Waals surface area contributed by atoms with Crippen LogP contribution in [0.5, 0.6) is 0 Å². The van der Waals surface area contributed by atoms with Gasteiger partial charge in [-0.1, -0.05) is 6.42 Å². The Hall–Kier alpha value is -1.91. The lowest BCUT2D eigenvalue weighted by Crippen LogP contribution is -2.18. The highest BCUT2D eigenvalue weighted by molar-refractivity contribution is 6.02. The second-order valence-electron chi connectivity index (χ2n) is 5.27. The third-order valence-electron chi connectivity index (χ3n) is 4.18. The lowest BCUT2D eigenvalue weighted by atomic mass is 10.1. The Morgan fingerprint density at radius 1 is 1.26 bits per heavy atom. The number of hydrogen-bond donors (Lipinski definition) is 2. The number of carboxylic acids is 1. The van der Waals surface area contributed by atoms with E-state index in [1.165, 1.54) is 12.5 Å². The topological polar surface area (TPSA) is 66.4 Å². The minimum absolute atomic E-state index is 0.0143. The standard InChI is InChI=1S/C14H14FNO3/c15-7-4-5-11(10(6-7)14(18)19)16-13(17)12-8-2-1-3-9(8)12/h4-6,8-9,12H,1-3H2,(H,16,17)(H,18,19). The van der Waals surface area contributed by atoms with Crippen LogP contribution < -0.4 is 5.32 Å². The predicted molar refractivity (Wildman–Crippen MR) is 66.3 cm³/mol. The van der Waals surface area contributed by atoms with Gasteiger partial charge in [-0.2, -0.15) is 0 Å². The molecule has 100 valence electrons. The van der Waals surface area contributed by atoms with Crippen LogP contribution in [-0.2, 0) is 4.79 Å². The lowest BCUT2D eigenvalue weighted by molar-refractivity contribution is -0.118. The first-order valence-corrected chi connectivity index (χ1v) is 6.41. The van der Waals surface area contributed by atoms with Crippen LogP contribution in [0.25, 0.3) is 0 Å². The molecule has 5 heteroatoms. The number of aromatic carboxylic acids is 1. The molecule has 2 saturated carbocycles. The Kier molecular flexibility index (Phi) is 2.77. The largest absolute Gasteiger partial charge is 0.478 e. The first-order valence-electron chi connectivity index (χ1n) is 6.41. The Bertz CT molecular complexity index is 548. The summed E-state index contributed by atoms with van der Waals surface area (Å²) in [5.74, 6) is -1.06. The molecule has 1 amide bonds. The monoisotopic (exact) mass is 263 g/mol. The summed E-state index contributed by atoms with van der Waals surface area (Å²) in [6.45, 7) is 0. The number of amides is 1. The summed E-state index contributed by atoms with van der Waals surface area (Å²) in [6.07, 6.45) is 3.34. The molecule has 0 radical (unpaired) electrons. The third kappa shape index (κ3) is 2.09. The van der Waals surface area contributed by atoms with E-state index in [1.807, 2.05) is 0 Å². The number of carbonyl (C=O) groups excluding carboxylic acids is 1. The van der Waals surface area contributed by atoms with E-state index in [4.69, 9.17) is 5.11 Å². The van der Waals surface area contributed by atoms with Crippen LogP contribution in [0.2, 0.25) is 0 Å². The lowest BCUT2D eigenvalue weighted by Gasteiger charge is -2.09. The molecular formula is C14H14FNO3. The van der Waals surface area contributed by atoms with Crippen LogP contribution in [0, 0.1) is 23.6 Å². The van der Waals surface area contributed by atoms with Crippen molar-refractivity contribution < 1.29 is 19.1 Å². The smallest absolute Gasteiger partial charge is 0.337 e. The quantitative estimate of drug-likeness (QED) is 0.880. The van der Waals surface area contributed by atoms with Gasteiger partial charge in [-0.3, -0.25) is 4.79 Å². The van der Waals surface area contributed by atoms with Crippen molar-refractivity contribution in [3.8, 4) is 0 Å². The molecular weight excluding hydrogens is 249 g/mol. The molecule has 4 nitrogen and oxygen atoms in total. The molecule has 2 N–H and O–H groups in total. The number of anilines is 1. The minimum Gasteiger partial charge on any atom is -0.478 e. The van der Waals surface area contributed by atoms with E-state index in [1.54, 1.807) is 0 Å². The maximum atomic E-state index is 13.0. The summed E-state index contributed by atoms with van der Waals surface area (Å²) in [5.41, 5.74) is -0.0389. The van der Waals surface area contributed by atoms with Gasteiger partial charge < -0.3 is 10.4 Å². The Balaban J connectivity index is 1.76. The molecule has 0 saturated heterocycles. The van der Waals surface area contributed by atoms with Gasteiger partial charge in [-0.05, 0) is 42.9 Å². The molecule has 19 heavy (non-hydrogen) atoms. The fraction of sp³-hybridized carbons (Fsp3) is 0.429. The van der Waals surface area contributed by atoms with Crippen LogP contribution >= 0.6 is 0 Å². The van der Waals surface area contributed by atoms with Crippen LogP contribution in [0.4, 0.5) is 10.1 Å².